The van der Waals surface area contributed by atoms with Crippen LogP contribution in [0.15, 0.2) is 41.3 Å². The first kappa shape index (κ1) is 14.1. The Hall–Kier alpha value is -2.30. The van der Waals surface area contributed by atoms with Crippen molar-refractivity contribution in [2.75, 3.05) is 24.7 Å². The third-order valence-electron chi connectivity index (χ3n) is 3.19. The molecule has 0 bridgehead atoms. The number of hydrogen-bond donors (Lipinski definition) is 1. The van der Waals surface area contributed by atoms with Gasteiger partial charge in [-0.05, 0) is 30.5 Å². The molecule has 0 amide bonds. The van der Waals surface area contributed by atoms with Crippen molar-refractivity contribution in [3.8, 4) is 0 Å². The van der Waals surface area contributed by atoms with Crippen molar-refractivity contribution >= 4 is 11.4 Å². The van der Waals surface area contributed by atoms with Crippen molar-refractivity contribution in [1.82, 2.24) is 9.78 Å². The fourth-order valence-electron chi connectivity index (χ4n) is 1.95. The van der Waals surface area contributed by atoms with E-state index in [2.05, 4.69) is 5.10 Å². The van der Waals surface area contributed by atoms with Crippen LogP contribution in [0.3, 0.4) is 0 Å². The third kappa shape index (κ3) is 3.60. The van der Waals surface area contributed by atoms with Crippen molar-refractivity contribution in [2.45, 2.75) is 19.4 Å². The lowest BCUT2D eigenvalue weighted by atomic mass is 10.1. The van der Waals surface area contributed by atoms with Gasteiger partial charge in [0, 0.05) is 32.4 Å². The molecule has 0 aliphatic carbocycles. The molecule has 0 atom stereocenters. The Morgan fingerprint density at radius 3 is 2.55 bits per heavy atom. The second-order valence-electron chi connectivity index (χ2n) is 5.01. The van der Waals surface area contributed by atoms with Crippen LogP contribution in [0, 0.1) is 0 Å². The van der Waals surface area contributed by atoms with Gasteiger partial charge in [0.2, 0.25) is 0 Å². The first-order valence-corrected chi connectivity index (χ1v) is 6.65. The second kappa shape index (κ2) is 6.23. The lowest BCUT2D eigenvalue weighted by Crippen LogP contribution is -2.24. The van der Waals surface area contributed by atoms with Gasteiger partial charge in [0.25, 0.3) is 5.56 Å². The number of benzene rings is 1. The van der Waals surface area contributed by atoms with E-state index in [1.165, 1.54) is 10.2 Å². The lowest BCUT2D eigenvalue weighted by molar-refractivity contribution is 0.548. The summed E-state index contributed by atoms with van der Waals surface area (Å²) in [5.41, 5.74) is 8.40. The van der Waals surface area contributed by atoms with Gasteiger partial charge in [0.15, 0.2) is 0 Å². The molecule has 106 valence electrons. The van der Waals surface area contributed by atoms with E-state index in [1.807, 2.05) is 43.3 Å². The van der Waals surface area contributed by atoms with Crippen LogP contribution >= 0.6 is 0 Å². The first-order valence-electron chi connectivity index (χ1n) is 6.65. The van der Waals surface area contributed by atoms with Gasteiger partial charge in [-0.25, -0.2) is 4.68 Å². The molecular weight excluding hydrogens is 252 g/mol. The molecule has 5 heteroatoms. The van der Waals surface area contributed by atoms with E-state index in [-0.39, 0.29) is 5.56 Å². The van der Waals surface area contributed by atoms with Crippen LogP contribution in [0.2, 0.25) is 0 Å². The van der Waals surface area contributed by atoms with Gasteiger partial charge in [-0.1, -0.05) is 12.1 Å². The summed E-state index contributed by atoms with van der Waals surface area (Å²) in [6.45, 7) is 0.622. The van der Waals surface area contributed by atoms with E-state index in [0.717, 1.165) is 24.2 Å². The molecule has 0 spiro atoms. The van der Waals surface area contributed by atoms with E-state index in [9.17, 15) is 4.79 Å². The van der Waals surface area contributed by atoms with Crippen molar-refractivity contribution in [1.29, 1.82) is 0 Å². The number of nitrogens with two attached hydrogens (primary N) is 1. The zero-order valence-corrected chi connectivity index (χ0v) is 11.9. The highest BCUT2D eigenvalue weighted by atomic mass is 16.1. The summed E-state index contributed by atoms with van der Waals surface area (Å²) in [7, 11) is 3.78. The molecule has 0 saturated carbocycles. The Bertz CT molecular complexity index is 617. The number of aromatic nitrogens is 2. The minimum Gasteiger partial charge on any atom is -0.399 e. The molecule has 2 N–H and O–H groups in total. The van der Waals surface area contributed by atoms with Crippen LogP contribution in [0.25, 0.3) is 0 Å². The molecule has 0 aliphatic rings. The Morgan fingerprint density at radius 1 is 1.25 bits per heavy atom. The molecule has 1 aromatic carbocycles. The smallest absolute Gasteiger partial charge is 0.268 e. The Morgan fingerprint density at radius 2 is 1.95 bits per heavy atom. The second-order valence-corrected chi connectivity index (χ2v) is 5.01. The van der Waals surface area contributed by atoms with Crippen LogP contribution in [0.1, 0.15) is 12.0 Å². The quantitative estimate of drug-likeness (QED) is 0.838. The van der Waals surface area contributed by atoms with Gasteiger partial charge < -0.3 is 10.6 Å². The van der Waals surface area contributed by atoms with Gasteiger partial charge in [-0.2, -0.15) is 5.10 Å². The summed E-state index contributed by atoms with van der Waals surface area (Å²) in [4.78, 5) is 13.8. The predicted octanol–water partition coefficient (Wildman–Crippen LogP) is 1.52. The highest BCUT2D eigenvalue weighted by molar-refractivity contribution is 5.40. The lowest BCUT2D eigenvalue weighted by Gasteiger charge is -2.12. The fraction of sp³-hybridized carbons (Fsp3) is 0.333. The van der Waals surface area contributed by atoms with E-state index >= 15 is 0 Å². The van der Waals surface area contributed by atoms with Gasteiger partial charge in [-0.3, -0.25) is 4.79 Å². The molecular formula is C15H20N4O. The maximum Gasteiger partial charge on any atom is 0.268 e. The number of rotatable bonds is 5. The summed E-state index contributed by atoms with van der Waals surface area (Å²) in [5.74, 6) is 0. The van der Waals surface area contributed by atoms with E-state index < -0.39 is 0 Å². The zero-order valence-electron chi connectivity index (χ0n) is 11.9. The molecule has 0 aliphatic heterocycles. The van der Waals surface area contributed by atoms with Crippen LogP contribution in [-0.4, -0.2) is 23.9 Å². The van der Waals surface area contributed by atoms with Gasteiger partial charge in [0.1, 0.15) is 0 Å². The molecule has 0 saturated heterocycles. The Labute approximate surface area is 118 Å². The number of nitrogens with zero attached hydrogens (tertiary/aromatic N) is 3. The summed E-state index contributed by atoms with van der Waals surface area (Å²) >= 11 is 0. The average Bonchev–Trinajstić information content (AvgIpc) is 2.42. The van der Waals surface area contributed by atoms with Crippen LogP contribution in [0.5, 0.6) is 0 Å². The average molecular weight is 272 g/mol. The summed E-state index contributed by atoms with van der Waals surface area (Å²) in [6.07, 6.45) is 3.49. The molecule has 0 fully saturated rings. The standard InChI is InChI=1S/C15H20N4O/c1-18(2)14-10-15(20)19(17-11-14)9-3-4-12-5-7-13(16)8-6-12/h5-8,10-11H,3-4,9,16H2,1-2H3. The van der Waals surface area contributed by atoms with Gasteiger partial charge in [-0.15, -0.1) is 0 Å². The molecule has 0 radical (unpaired) electrons. The number of anilines is 2. The third-order valence-corrected chi connectivity index (χ3v) is 3.19. The highest BCUT2D eigenvalue weighted by Gasteiger charge is 2.02. The van der Waals surface area contributed by atoms with Crippen molar-refractivity contribution in [3.63, 3.8) is 0 Å². The maximum atomic E-state index is 11.9. The Balaban J connectivity index is 1.94. The maximum absolute atomic E-state index is 11.9. The van der Waals surface area contributed by atoms with Crippen LogP contribution in [-0.2, 0) is 13.0 Å². The van der Waals surface area contributed by atoms with E-state index in [1.54, 1.807) is 12.3 Å². The largest absolute Gasteiger partial charge is 0.399 e. The number of aryl methyl sites for hydroxylation is 2. The SMILES string of the molecule is CN(C)c1cnn(CCCc2ccc(N)cc2)c(=O)c1. The predicted molar refractivity (Wildman–Crippen MR) is 82.0 cm³/mol. The molecule has 2 aromatic rings. The summed E-state index contributed by atoms with van der Waals surface area (Å²) in [6, 6.07) is 9.43. The van der Waals surface area contributed by atoms with Crippen molar-refractivity contribution in [2.24, 2.45) is 0 Å². The zero-order chi connectivity index (χ0) is 14.5. The topological polar surface area (TPSA) is 64.2 Å². The normalized spacial score (nSPS) is 10.5. The Kier molecular flexibility index (Phi) is 4.40. The van der Waals surface area contributed by atoms with Gasteiger partial charge in [0.05, 0.1) is 11.9 Å². The van der Waals surface area contributed by atoms with E-state index in [4.69, 9.17) is 5.73 Å². The van der Waals surface area contributed by atoms with Crippen LogP contribution in [0.4, 0.5) is 11.4 Å². The molecule has 1 heterocycles. The number of nitrogen functional groups attached to an aromatic ring is 1. The van der Waals surface area contributed by atoms with E-state index in [0.29, 0.717) is 6.54 Å². The fourth-order valence-corrected chi connectivity index (χ4v) is 1.95. The number of hydrogen-bond acceptors (Lipinski definition) is 4. The molecule has 1 aromatic heterocycles. The minimum atomic E-state index is -0.0616. The highest BCUT2D eigenvalue weighted by Crippen LogP contribution is 2.08. The van der Waals surface area contributed by atoms with Crippen LogP contribution < -0.4 is 16.2 Å². The van der Waals surface area contributed by atoms with Crippen molar-refractivity contribution < 1.29 is 0 Å². The molecule has 20 heavy (non-hydrogen) atoms. The molecule has 0 unspecified atom stereocenters. The first-order chi connectivity index (χ1) is 9.56. The van der Waals surface area contributed by atoms with Crippen molar-refractivity contribution in [3.05, 3.63) is 52.4 Å². The molecule has 2 rings (SSSR count). The minimum absolute atomic E-state index is 0.0616. The molecule has 5 nitrogen and oxygen atoms in total. The summed E-state index contributed by atoms with van der Waals surface area (Å²) < 4.78 is 1.50. The van der Waals surface area contributed by atoms with Gasteiger partial charge >= 0.3 is 0 Å². The monoisotopic (exact) mass is 272 g/mol. The summed E-state index contributed by atoms with van der Waals surface area (Å²) in [5, 5.41) is 4.19.